The third-order valence-corrected chi connectivity index (χ3v) is 4.00. The zero-order chi connectivity index (χ0) is 19.3. The van der Waals surface area contributed by atoms with E-state index in [0.717, 1.165) is 0 Å². The number of hydrogen-bond donors (Lipinski definition) is 2. The summed E-state index contributed by atoms with van der Waals surface area (Å²) in [5, 5.41) is 12.4. The van der Waals surface area contributed by atoms with Gasteiger partial charge in [0.2, 0.25) is 0 Å². The summed E-state index contributed by atoms with van der Waals surface area (Å²) in [6.45, 7) is 12.5. The highest BCUT2D eigenvalue weighted by atomic mass is 16.6. The minimum absolute atomic E-state index is 0.0300. The molecular formula is C18H34N2O5. The number of nitrogens with one attached hydrogen (secondary N) is 1. The second kappa shape index (κ2) is 8.74. The molecule has 0 radical (unpaired) electrons. The van der Waals surface area contributed by atoms with E-state index >= 15 is 0 Å². The van der Waals surface area contributed by atoms with Crippen LogP contribution >= 0.6 is 0 Å². The van der Waals surface area contributed by atoms with Gasteiger partial charge in [-0.25, -0.2) is 9.59 Å². The van der Waals surface area contributed by atoms with Gasteiger partial charge in [0, 0.05) is 26.2 Å². The van der Waals surface area contributed by atoms with Crippen LogP contribution in [0.5, 0.6) is 0 Å². The van der Waals surface area contributed by atoms with E-state index in [-0.39, 0.29) is 24.5 Å². The van der Waals surface area contributed by atoms with Crippen LogP contribution in [0.25, 0.3) is 0 Å². The molecule has 0 aromatic heterocycles. The molecule has 7 nitrogen and oxygen atoms in total. The van der Waals surface area contributed by atoms with E-state index in [2.05, 4.69) is 5.32 Å². The summed E-state index contributed by atoms with van der Waals surface area (Å²) < 4.78 is 10.7. The van der Waals surface area contributed by atoms with E-state index in [1.165, 1.54) is 0 Å². The number of carbonyl (C=O) groups is 2. The fourth-order valence-electron chi connectivity index (χ4n) is 2.77. The van der Waals surface area contributed by atoms with Crippen molar-refractivity contribution in [1.29, 1.82) is 0 Å². The Kier molecular flexibility index (Phi) is 7.53. The van der Waals surface area contributed by atoms with E-state index < -0.39 is 17.3 Å². The lowest BCUT2D eigenvalue weighted by molar-refractivity contribution is 0.0252. The first kappa shape index (κ1) is 21.5. The van der Waals surface area contributed by atoms with Crippen LogP contribution in [0.3, 0.4) is 0 Å². The molecule has 0 bridgehead atoms. The van der Waals surface area contributed by atoms with Gasteiger partial charge in [-0.2, -0.15) is 0 Å². The lowest BCUT2D eigenvalue weighted by atomic mass is 9.88. The highest BCUT2D eigenvalue weighted by molar-refractivity contribution is 5.68. The molecule has 2 amide bonds. The zero-order valence-corrected chi connectivity index (χ0v) is 16.4. The van der Waals surface area contributed by atoms with Crippen LogP contribution in [0.2, 0.25) is 0 Å². The maximum absolute atomic E-state index is 12.2. The van der Waals surface area contributed by atoms with Gasteiger partial charge in [0.05, 0.1) is 0 Å². The predicted octanol–water partition coefficient (Wildman–Crippen LogP) is 2.77. The zero-order valence-electron chi connectivity index (χ0n) is 16.4. The van der Waals surface area contributed by atoms with E-state index in [0.29, 0.717) is 32.5 Å². The van der Waals surface area contributed by atoms with Crippen LogP contribution in [0.15, 0.2) is 0 Å². The SMILES string of the molecule is CC(C)(C)OC(=O)NCC1CCN(C(=O)OC(C)(C)C)CCC1CO. The average molecular weight is 358 g/mol. The minimum atomic E-state index is -0.544. The van der Waals surface area contributed by atoms with Crippen molar-refractivity contribution in [2.45, 2.75) is 65.6 Å². The van der Waals surface area contributed by atoms with E-state index in [4.69, 9.17) is 9.47 Å². The molecule has 0 spiro atoms. The third kappa shape index (κ3) is 8.43. The van der Waals surface area contributed by atoms with Gasteiger partial charge in [0.15, 0.2) is 0 Å². The average Bonchev–Trinajstić information content (AvgIpc) is 2.63. The highest BCUT2D eigenvalue weighted by Crippen LogP contribution is 2.25. The van der Waals surface area contributed by atoms with Crippen LogP contribution in [0.4, 0.5) is 9.59 Å². The van der Waals surface area contributed by atoms with Gasteiger partial charge in [-0.3, -0.25) is 0 Å². The molecular weight excluding hydrogens is 324 g/mol. The second-order valence-electron chi connectivity index (χ2n) is 8.63. The van der Waals surface area contributed by atoms with Crippen molar-refractivity contribution in [2.75, 3.05) is 26.2 Å². The van der Waals surface area contributed by atoms with Gasteiger partial charge < -0.3 is 24.8 Å². The molecule has 7 heteroatoms. The standard InChI is InChI=1S/C18H34N2O5/c1-17(2,3)24-15(22)19-11-13-7-9-20(10-8-14(13)12-21)16(23)25-18(4,5)6/h13-14,21H,7-12H2,1-6H3,(H,19,22). The number of aliphatic hydroxyl groups is 1. The molecule has 1 rings (SSSR count). The molecule has 2 atom stereocenters. The summed E-state index contributed by atoms with van der Waals surface area (Å²) in [6.07, 6.45) is 0.582. The van der Waals surface area contributed by atoms with Crippen molar-refractivity contribution >= 4 is 12.2 Å². The quantitative estimate of drug-likeness (QED) is 0.810. The second-order valence-corrected chi connectivity index (χ2v) is 8.63. The van der Waals surface area contributed by atoms with Crippen molar-refractivity contribution in [3.05, 3.63) is 0 Å². The molecule has 2 N–H and O–H groups in total. The van der Waals surface area contributed by atoms with Gasteiger partial charge in [0.1, 0.15) is 11.2 Å². The number of rotatable bonds is 3. The molecule has 0 aromatic rings. The number of likely N-dealkylation sites (tertiary alicyclic amines) is 1. The Bertz CT molecular complexity index is 453. The fraction of sp³-hybridized carbons (Fsp3) is 0.889. The molecule has 0 aliphatic carbocycles. The number of nitrogens with zero attached hydrogens (tertiary/aromatic N) is 1. The lowest BCUT2D eigenvalue weighted by Crippen LogP contribution is -2.38. The Hall–Kier alpha value is -1.50. The molecule has 1 fully saturated rings. The summed E-state index contributed by atoms with van der Waals surface area (Å²) in [4.78, 5) is 25.8. The molecule has 25 heavy (non-hydrogen) atoms. The monoisotopic (exact) mass is 358 g/mol. The maximum atomic E-state index is 12.2. The molecule has 1 aliphatic heterocycles. The molecule has 1 heterocycles. The van der Waals surface area contributed by atoms with Crippen LogP contribution in [0, 0.1) is 11.8 Å². The molecule has 1 saturated heterocycles. The number of hydrogen-bond acceptors (Lipinski definition) is 5. The van der Waals surface area contributed by atoms with Crippen LogP contribution in [-0.4, -0.2) is 59.6 Å². The largest absolute Gasteiger partial charge is 0.444 e. The van der Waals surface area contributed by atoms with Crippen LogP contribution in [0.1, 0.15) is 54.4 Å². The Morgan fingerprint density at radius 2 is 1.52 bits per heavy atom. The summed E-state index contributed by atoms with van der Waals surface area (Å²) in [6, 6.07) is 0. The smallest absolute Gasteiger partial charge is 0.410 e. The fourth-order valence-corrected chi connectivity index (χ4v) is 2.77. The number of aliphatic hydroxyl groups excluding tert-OH is 1. The van der Waals surface area contributed by atoms with Crippen molar-refractivity contribution in [2.24, 2.45) is 11.8 Å². The normalized spacial score (nSPS) is 22.1. The van der Waals surface area contributed by atoms with Gasteiger partial charge in [-0.05, 0) is 66.2 Å². The highest BCUT2D eigenvalue weighted by Gasteiger charge is 2.30. The van der Waals surface area contributed by atoms with Crippen molar-refractivity contribution in [3.63, 3.8) is 0 Å². The number of alkyl carbamates (subject to hydrolysis) is 1. The number of carbonyl (C=O) groups excluding carboxylic acids is 2. The Labute approximate surface area is 151 Å². The Morgan fingerprint density at radius 1 is 1.00 bits per heavy atom. The molecule has 146 valence electrons. The third-order valence-electron chi connectivity index (χ3n) is 4.00. The summed E-state index contributed by atoms with van der Waals surface area (Å²) in [7, 11) is 0. The molecule has 2 unspecified atom stereocenters. The molecule has 0 saturated carbocycles. The van der Waals surface area contributed by atoms with E-state index in [9.17, 15) is 14.7 Å². The van der Waals surface area contributed by atoms with Crippen LogP contribution < -0.4 is 5.32 Å². The topological polar surface area (TPSA) is 88.1 Å². The lowest BCUT2D eigenvalue weighted by Gasteiger charge is -2.26. The number of amides is 2. The van der Waals surface area contributed by atoms with Crippen molar-refractivity contribution < 1.29 is 24.2 Å². The van der Waals surface area contributed by atoms with E-state index in [1.54, 1.807) is 4.90 Å². The van der Waals surface area contributed by atoms with Crippen molar-refractivity contribution in [1.82, 2.24) is 10.2 Å². The van der Waals surface area contributed by atoms with Gasteiger partial charge >= 0.3 is 12.2 Å². The van der Waals surface area contributed by atoms with E-state index in [1.807, 2.05) is 41.5 Å². The van der Waals surface area contributed by atoms with Crippen molar-refractivity contribution in [3.8, 4) is 0 Å². The first-order chi connectivity index (χ1) is 11.4. The summed E-state index contributed by atoms with van der Waals surface area (Å²) in [5.74, 6) is 0.118. The Balaban J connectivity index is 2.58. The summed E-state index contributed by atoms with van der Waals surface area (Å²) in [5.41, 5.74) is -1.07. The first-order valence-electron chi connectivity index (χ1n) is 8.97. The molecule has 1 aliphatic rings. The minimum Gasteiger partial charge on any atom is -0.444 e. The van der Waals surface area contributed by atoms with Gasteiger partial charge in [-0.1, -0.05) is 0 Å². The van der Waals surface area contributed by atoms with Gasteiger partial charge in [0.25, 0.3) is 0 Å². The predicted molar refractivity (Wildman–Crippen MR) is 95.3 cm³/mol. The van der Waals surface area contributed by atoms with Crippen LogP contribution in [-0.2, 0) is 9.47 Å². The Morgan fingerprint density at radius 3 is 2.00 bits per heavy atom. The van der Waals surface area contributed by atoms with Gasteiger partial charge in [-0.15, -0.1) is 0 Å². The molecule has 0 aromatic carbocycles. The maximum Gasteiger partial charge on any atom is 0.410 e. The first-order valence-corrected chi connectivity index (χ1v) is 8.97. The summed E-state index contributed by atoms with van der Waals surface area (Å²) >= 11 is 0. The number of ether oxygens (including phenoxy) is 2.